The molecule has 3 heterocycles. The normalized spacial score (nSPS) is 21.5. The largest absolute Gasteiger partial charge is 0.509 e. The summed E-state index contributed by atoms with van der Waals surface area (Å²) in [4.78, 5) is 29.6. The summed E-state index contributed by atoms with van der Waals surface area (Å²) in [6.07, 6.45) is 4.78. The highest BCUT2D eigenvalue weighted by molar-refractivity contribution is 5.76. The quantitative estimate of drug-likeness (QED) is 0.794. The van der Waals surface area contributed by atoms with E-state index in [-0.39, 0.29) is 11.9 Å². The second-order valence-corrected chi connectivity index (χ2v) is 6.14. The minimum atomic E-state index is -0.594. The van der Waals surface area contributed by atoms with E-state index in [1.54, 1.807) is 6.20 Å². The first-order valence-corrected chi connectivity index (χ1v) is 7.62. The van der Waals surface area contributed by atoms with Gasteiger partial charge in [0.2, 0.25) is 5.91 Å². The lowest BCUT2D eigenvalue weighted by atomic mass is 9.92. The van der Waals surface area contributed by atoms with Gasteiger partial charge in [0, 0.05) is 50.8 Å². The maximum Gasteiger partial charge on any atom is 0.509 e. The topological polar surface area (TPSA) is 73.7 Å². The van der Waals surface area contributed by atoms with Crippen LogP contribution in [-0.2, 0) is 14.3 Å². The lowest BCUT2D eigenvalue weighted by Gasteiger charge is -2.36. The Kier molecular flexibility index (Phi) is 3.80. The average Bonchev–Trinajstić information content (AvgIpc) is 3.06. The number of nitrogens with zero attached hydrogens (tertiary/aromatic N) is 3. The Balaban J connectivity index is 1.54. The molecular weight excluding hydrogens is 286 g/mol. The van der Waals surface area contributed by atoms with Crippen LogP contribution in [0.4, 0.5) is 4.79 Å². The van der Waals surface area contributed by atoms with Gasteiger partial charge in [0.15, 0.2) is 5.60 Å². The zero-order chi connectivity index (χ0) is 15.7. The van der Waals surface area contributed by atoms with Crippen molar-refractivity contribution < 1.29 is 19.1 Å². The van der Waals surface area contributed by atoms with Gasteiger partial charge in [-0.15, -0.1) is 0 Å². The minimum Gasteiger partial charge on any atom is -0.430 e. The first kappa shape index (κ1) is 14.9. The fraction of sp³-hybridized carbons (Fsp3) is 0.667. The lowest BCUT2D eigenvalue weighted by Crippen LogP contribution is -2.48. The molecule has 0 radical (unpaired) electrons. The Morgan fingerprint density at radius 3 is 2.73 bits per heavy atom. The van der Waals surface area contributed by atoms with Crippen LogP contribution in [-0.4, -0.2) is 51.8 Å². The van der Waals surface area contributed by atoms with Crippen molar-refractivity contribution >= 4 is 12.1 Å². The Labute approximate surface area is 129 Å². The van der Waals surface area contributed by atoms with Crippen molar-refractivity contribution in [2.45, 2.75) is 44.8 Å². The van der Waals surface area contributed by atoms with Crippen molar-refractivity contribution in [3.63, 3.8) is 0 Å². The minimum absolute atomic E-state index is 0.0820. The maximum atomic E-state index is 12.4. The number of cyclic esters (lactones) is 1. The van der Waals surface area contributed by atoms with Crippen molar-refractivity contribution in [2.75, 3.05) is 19.7 Å². The molecule has 0 N–H and O–H groups in total. The number of hydrogen-bond donors (Lipinski definition) is 0. The Bertz CT molecular complexity index is 575. The molecule has 2 aliphatic heterocycles. The Morgan fingerprint density at radius 2 is 2.18 bits per heavy atom. The molecule has 1 amide bonds. The number of aromatic nitrogens is 2. The second-order valence-electron chi connectivity index (χ2n) is 6.14. The highest BCUT2D eigenvalue weighted by Gasteiger charge is 2.45. The van der Waals surface area contributed by atoms with E-state index in [1.165, 1.54) is 0 Å². The smallest absolute Gasteiger partial charge is 0.430 e. The third kappa shape index (κ3) is 2.80. The van der Waals surface area contributed by atoms with Gasteiger partial charge in [0.25, 0.3) is 0 Å². The number of likely N-dealkylation sites (tertiary alicyclic amines) is 1. The number of hydrogen-bond acceptors (Lipinski definition) is 5. The Morgan fingerprint density at radius 1 is 1.45 bits per heavy atom. The van der Waals surface area contributed by atoms with Crippen molar-refractivity contribution in [3.05, 3.63) is 18.2 Å². The second kappa shape index (κ2) is 5.62. The highest BCUT2D eigenvalue weighted by atomic mass is 16.8. The summed E-state index contributed by atoms with van der Waals surface area (Å²) in [5.74, 6) is 1.04. The molecule has 2 fully saturated rings. The van der Waals surface area contributed by atoms with Crippen LogP contribution in [0.1, 0.15) is 38.1 Å². The molecule has 1 aromatic rings. The van der Waals surface area contributed by atoms with Crippen LogP contribution in [0.15, 0.2) is 12.4 Å². The fourth-order valence-corrected chi connectivity index (χ4v) is 3.17. The van der Waals surface area contributed by atoms with E-state index < -0.39 is 11.8 Å². The van der Waals surface area contributed by atoms with E-state index in [0.29, 0.717) is 39.0 Å². The molecule has 7 heteroatoms. The molecule has 7 nitrogen and oxygen atoms in total. The predicted octanol–water partition coefficient (Wildman–Crippen LogP) is 1.67. The number of imidazole rings is 1. The summed E-state index contributed by atoms with van der Waals surface area (Å²) in [7, 11) is 0. The van der Waals surface area contributed by atoms with Gasteiger partial charge in [-0.3, -0.25) is 4.79 Å². The number of amides is 1. The van der Waals surface area contributed by atoms with Crippen LogP contribution in [0.3, 0.4) is 0 Å². The predicted molar refractivity (Wildman–Crippen MR) is 77.3 cm³/mol. The van der Waals surface area contributed by atoms with Gasteiger partial charge >= 0.3 is 6.16 Å². The number of ether oxygens (including phenoxy) is 2. The molecule has 2 aliphatic rings. The van der Waals surface area contributed by atoms with E-state index in [2.05, 4.69) is 4.98 Å². The number of aryl methyl sites for hydroxylation is 1. The van der Waals surface area contributed by atoms with Gasteiger partial charge in [-0.1, -0.05) is 0 Å². The Hall–Kier alpha value is -2.05. The number of carbonyl (C=O) groups excluding carboxylic acids is 2. The summed E-state index contributed by atoms with van der Waals surface area (Å²) in [5, 5.41) is 0. The number of piperidine rings is 1. The van der Waals surface area contributed by atoms with Crippen LogP contribution >= 0.6 is 0 Å². The van der Waals surface area contributed by atoms with Crippen molar-refractivity contribution in [3.8, 4) is 0 Å². The first-order chi connectivity index (χ1) is 10.5. The van der Waals surface area contributed by atoms with Gasteiger partial charge in [-0.25, -0.2) is 9.78 Å². The zero-order valence-electron chi connectivity index (χ0n) is 12.9. The van der Waals surface area contributed by atoms with Crippen molar-refractivity contribution in [1.82, 2.24) is 14.5 Å². The van der Waals surface area contributed by atoms with Crippen LogP contribution < -0.4 is 0 Å². The number of rotatable bonds is 3. The van der Waals surface area contributed by atoms with Crippen LogP contribution in [0.5, 0.6) is 0 Å². The summed E-state index contributed by atoms with van der Waals surface area (Å²) >= 11 is 0. The molecule has 3 rings (SSSR count). The highest BCUT2D eigenvalue weighted by Crippen LogP contribution is 2.32. The van der Waals surface area contributed by atoms with Crippen molar-refractivity contribution in [2.24, 2.45) is 0 Å². The summed E-state index contributed by atoms with van der Waals surface area (Å²) in [6, 6.07) is 0.0820. The van der Waals surface area contributed by atoms with Gasteiger partial charge in [-0.2, -0.15) is 0 Å². The molecule has 0 saturated carbocycles. The molecule has 1 aromatic heterocycles. The third-order valence-corrected chi connectivity index (χ3v) is 4.59. The van der Waals surface area contributed by atoms with E-state index in [1.807, 2.05) is 29.5 Å². The van der Waals surface area contributed by atoms with Crippen LogP contribution in [0.25, 0.3) is 0 Å². The fourth-order valence-electron chi connectivity index (χ4n) is 3.17. The van der Waals surface area contributed by atoms with Crippen LogP contribution in [0.2, 0.25) is 0 Å². The molecule has 0 aromatic carbocycles. The SMILES string of the molecule is Cc1nccn1C(C)CC(=O)N1CCC2(CC1)COC(=O)O2. The number of carbonyl (C=O) groups is 2. The van der Waals surface area contributed by atoms with Gasteiger partial charge in [-0.05, 0) is 13.8 Å². The molecule has 22 heavy (non-hydrogen) atoms. The average molecular weight is 307 g/mol. The molecular formula is C15H21N3O4. The molecule has 1 spiro atoms. The first-order valence-electron chi connectivity index (χ1n) is 7.62. The third-order valence-electron chi connectivity index (χ3n) is 4.59. The molecule has 0 bridgehead atoms. The molecule has 120 valence electrons. The summed E-state index contributed by atoms with van der Waals surface area (Å²) < 4.78 is 12.2. The molecule has 1 atom stereocenters. The van der Waals surface area contributed by atoms with E-state index in [4.69, 9.17) is 9.47 Å². The molecule has 2 saturated heterocycles. The molecule has 0 aliphatic carbocycles. The van der Waals surface area contributed by atoms with Gasteiger partial charge in [0.05, 0.1) is 0 Å². The van der Waals surface area contributed by atoms with E-state index >= 15 is 0 Å². The van der Waals surface area contributed by atoms with E-state index in [9.17, 15) is 9.59 Å². The lowest BCUT2D eigenvalue weighted by molar-refractivity contribution is -0.135. The maximum absolute atomic E-state index is 12.4. The summed E-state index contributed by atoms with van der Waals surface area (Å²) in [6.45, 7) is 5.46. The van der Waals surface area contributed by atoms with Gasteiger partial charge in [0.1, 0.15) is 12.4 Å². The molecule has 1 unspecified atom stereocenters. The zero-order valence-corrected chi connectivity index (χ0v) is 12.9. The van der Waals surface area contributed by atoms with Gasteiger partial charge < -0.3 is 18.9 Å². The summed E-state index contributed by atoms with van der Waals surface area (Å²) in [5.41, 5.74) is -0.513. The monoisotopic (exact) mass is 307 g/mol. The van der Waals surface area contributed by atoms with Crippen LogP contribution in [0, 0.1) is 6.92 Å². The standard InChI is InChI=1S/C15H21N3O4/c1-11(18-8-5-16-12(18)2)9-13(19)17-6-3-15(4-7-17)10-21-14(20)22-15/h5,8,11H,3-4,6-7,9-10H2,1-2H3. The van der Waals surface area contributed by atoms with E-state index in [0.717, 1.165) is 5.82 Å². The van der Waals surface area contributed by atoms with Crippen molar-refractivity contribution in [1.29, 1.82) is 0 Å².